The molecule has 0 saturated carbocycles. The van der Waals surface area contributed by atoms with Crippen LogP contribution in [0.1, 0.15) is 26.2 Å². The van der Waals surface area contributed by atoms with E-state index >= 15 is 0 Å². The van der Waals surface area contributed by atoms with Crippen molar-refractivity contribution in [3.63, 3.8) is 0 Å². The SMILES string of the molecule is C/C=C/CCCCn1ccnc1. The van der Waals surface area contributed by atoms with Crippen molar-refractivity contribution in [2.45, 2.75) is 32.7 Å². The fourth-order valence-corrected chi connectivity index (χ4v) is 1.14. The smallest absolute Gasteiger partial charge is 0.0945 e. The highest BCUT2D eigenvalue weighted by molar-refractivity contribution is 4.77. The maximum Gasteiger partial charge on any atom is 0.0945 e. The average molecular weight is 164 g/mol. The van der Waals surface area contributed by atoms with Crippen LogP contribution >= 0.6 is 0 Å². The Labute approximate surface area is 73.9 Å². The highest BCUT2D eigenvalue weighted by Gasteiger charge is 1.88. The van der Waals surface area contributed by atoms with Crippen LogP contribution in [-0.4, -0.2) is 9.55 Å². The summed E-state index contributed by atoms with van der Waals surface area (Å²) in [5, 5.41) is 0. The Balaban J connectivity index is 2.03. The number of allylic oxidation sites excluding steroid dienone is 2. The second-order valence-electron chi connectivity index (χ2n) is 2.87. The number of nitrogens with zero attached hydrogens (tertiary/aromatic N) is 2. The van der Waals surface area contributed by atoms with E-state index in [4.69, 9.17) is 0 Å². The Morgan fingerprint density at radius 3 is 3.00 bits per heavy atom. The van der Waals surface area contributed by atoms with Gasteiger partial charge in [0.2, 0.25) is 0 Å². The van der Waals surface area contributed by atoms with Crippen LogP contribution in [-0.2, 0) is 6.54 Å². The minimum atomic E-state index is 1.09. The van der Waals surface area contributed by atoms with E-state index in [1.54, 1.807) is 0 Å². The number of hydrogen-bond donors (Lipinski definition) is 0. The molecular formula is C10H16N2. The van der Waals surface area contributed by atoms with E-state index in [0.29, 0.717) is 0 Å². The molecule has 0 aliphatic carbocycles. The van der Waals surface area contributed by atoms with Crippen LogP contribution in [0, 0.1) is 0 Å². The minimum Gasteiger partial charge on any atom is -0.337 e. The summed E-state index contributed by atoms with van der Waals surface area (Å²) in [5.74, 6) is 0. The average Bonchev–Trinajstić information content (AvgIpc) is 2.57. The van der Waals surface area contributed by atoms with E-state index in [9.17, 15) is 0 Å². The number of imidazole rings is 1. The first-order valence-corrected chi connectivity index (χ1v) is 4.50. The molecule has 1 aromatic heterocycles. The maximum atomic E-state index is 3.99. The lowest BCUT2D eigenvalue weighted by atomic mass is 10.2. The van der Waals surface area contributed by atoms with Crippen molar-refractivity contribution in [2.75, 3.05) is 0 Å². The molecule has 2 heteroatoms. The summed E-state index contributed by atoms with van der Waals surface area (Å²) < 4.78 is 2.12. The highest BCUT2D eigenvalue weighted by Crippen LogP contribution is 1.99. The number of aryl methyl sites for hydroxylation is 1. The van der Waals surface area contributed by atoms with Gasteiger partial charge in [0.15, 0.2) is 0 Å². The number of aromatic nitrogens is 2. The summed E-state index contributed by atoms with van der Waals surface area (Å²) >= 11 is 0. The van der Waals surface area contributed by atoms with E-state index in [2.05, 4.69) is 28.6 Å². The predicted molar refractivity (Wildman–Crippen MR) is 50.9 cm³/mol. The first kappa shape index (κ1) is 9.04. The zero-order valence-corrected chi connectivity index (χ0v) is 7.61. The maximum absolute atomic E-state index is 3.99. The van der Waals surface area contributed by atoms with Gasteiger partial charge in [0.05, 0.1) is 6.33 Å². The van der Waals surface area contributed by atoms with Crippen molar-refractivity contribution in [3.8, 4) is 0 Å². The Hall–Kier alpha value is -1.05. The number of hydrogen-bond acceptors (Lipinski definition) is 1. The Kier molecular flexibility index (Phi) is 4.21. The molecule has 1 rings (SSSR count). The molecule has 0 unspecified atom stereocenters. The highest BCUT2D eigenvalue weighted by atomic mass is 15.0. The van der Waals surface area contributed by atoms with Crippen LogP contribution in [0.3, 0.4) is 0 Å². The van der Waals surface area contributed by atoms with Gasteiger partial charge >= 0.3 is 0 Å². The van der Waals surface area contributed by atoms with E-state index < -0.39 is 0 Å². The summed E-state index contributed by atoms with van der Waals surface area (Å²) in [5.41, 5.74) is 0. The summed E-state index contributed by atoms with van der Waals surface area (Å²) in [6, 6.07) is 0. The van der Waals surface area contributed by atoms with Gasteiger partial charge in [0.1, 0.15) is 0 Å². The van der Waals surface area contributed by atoms with Crippen molar-refractivity contribution in [3.05, 3.63) is 30.9 Å². The molecule has 0 atom stereocenters. The van der Waals surface area contributed by atoms with Gasteiger partial charge in [-0.2, -0.15) is 0 Å². The Morgan fingerprint density at radius 2 is 2.33 bits per heavy atom. The third-order valence-corrected chi connectivity index (χ3v) is 1.83. The van der Waals surface area contributed by atoms with Crippen LogP contribution in [0.25, 0.3) is 0 Å². The molecule has 0 saturated heterocycles. The van der Waals surface area contributed by atoms with Crippen molar-refractivity contribution in [1.29, 1.82) is 0 Å². The quantitative estimate of drug-likeness (QED) is 0.483. The summed E-state index contributed by atoms with van der Waals surface area (Å²) in [6.45, 7) is 3.16. The fraction of sp³-hybridized carbons (Fsp3) is 0.500. The van der Waals surface area contributed by atoms with Gasteiger partial charge in [0.25, 0.3) is 0 Å². The van der Waals surface area contributed by atoms with E-state index in [1.807, 2.05) is 18.7 Å². The molecule has 0 aliphatic rings. The van der Waals surface area contributed by atoms with Crippen molar-refractivity contribution in [2.24, 2.45) is 0 Å². The summed E-state index contributed by atoms with van der Waals surface area (Å²) in [7, 11) is 0. The second kappa shape index (κ2) is 5.58. The molecule has 1 heterocycles. The lowest BCUT2D eigenvalue weighted by Crippen LogP contribution is -1.93. The Bertz CT molecular complexity index is 212. The largest absolute Gasteiger partial charge is 0.337 e. The molecule has 0 N–H and O–H groups in total. The predicted octanol–water partition coefficient (Wildman–Crippen LogP) is 2.63. The van der Waals surface area contributed by atoms with Gasteiger partial charge in [-0.25, -0.2) is 4.98 Å². The Morgan fingerprint density at radius 1 is 1.42 bits per heavy atom. The molecule has 0 spiro atoms. The van der Waals surface area contributed by atoms with Crippen LogP contribution in [0.4, 0.5) is 0 Å². The molecule has 12 heavy (non-hydrogen) atoms. The van der Waals surface area contributed by atoms with Crippen LogP contribution < -0.4 is 0 Å². The molecular weight excluding hydrogens is 148 g/mol. The number of rotatable bonds is 5. The van der Waals surface area contributed by atoms with Gasteiger partial charge in [-0.05, 0) is 26.2 Å². The summed E-state index contributed by atoms with van der Waals surface area (Å²) in [6.07, 6.45) is 13.7. The number of unbranched alkanes of at least 4 members (excludes halogenated alkanes) is 2. The van der Waals surface area contributed by atoms with Gasteiger partial charge in [-0.1, -0.05) is 12.2 Å². The van der Waals surface area contributed by atoms with E-state index in [0.717, 1.165) is 6.54 Å². The van der Waals surface area contributed by atoms with Gasteiger partial charge in [-0.15, -0.1) is 0 Å². The van der Waals surface area contributed by atoms with Gasteiger partial charge in [0, 0.05) is 18.9 Å². The standard InChI is InChI=1S/C10H16N2/c1-2-3-4-5-6-8-12-9-7-11-10-12/h2-3,7,9-10H,4-6,8H2,1H3/b3-2+. The van der Waals surface area contributed by atoms with Crippen LogP contribution in [0.15, 0.2) is 30.9 Å². The van der Waals surface area contributed by atoms with Crippen LogP contribution in [0.5, 0.6) is 0 Å². The molecule has 2 nitrogen and oxygen atoms in total. The van der Waals surface area contributed by atoms with Crippen molar-refractivity contribution >= 4 is 0 Å². The molecule has 0 radical (unpaired) electrons. The monoisotopic (exact) mass is 164 g/mol. The molecule has 0 fully saturated rings. The summed E-state index contributed by atoms with van der Waals surface area (Å²) in [4.78, 5) is 3.99. The second-order valence-corrected chi connectivity index (χ2v) is 2.87. The fourth-order valence-electron chi connectivity index (χ4n) is 1.14. The first-order chi connectivity index (χ1) is 5.93. The lowest BCUT2D eigenvalue weighted by Gasteiger charge is -1.99. The molecule has 66 valence electrons. The molecule has 0 bridgehead atoms. The van der Waals surface area contributed by atoms with Crippen molar-refractivity contribution < 1.29 is 0 Å². The van der Waals surface area contributed by atoms with E-state index in [-0.39, 0.29) is 0 Å². The van der Waals surface area contributed by atoms with Crippen LogP contribution in [0.2, 0.25) is 0 Å². The topological polar surface area (TPSA) is 17.8 Å². The molecule has 0 aliphatic heterocycles. The van der Waals surface area contributed by atoms with E-state index in [1.165, 1.54) is 19.3 Å². The van der Waals surface area contributed by atoms with Gasteiger partial charge in [-0.3, -0.25) is 0 Å². The molecule has 0 aromatic carbocycles. The minimum absolute atomic E-state index is 1.09. The van der Waals surface area contributed by atoms with Crippen molar-refractivity contribution in [1.82, 2.24) is 9.55 Å². The third-order valence-electron chi connectivity index (χ3n) is 1.83. The van der Waals surface area contributed by atoms with Gasteiger partial charge < -0.3 is 4.57 Å². The zero-order valence-electron chi connectivity index (χ0n) is 7.61. The normalized spacial score (nSPS) is 11.1. The molecule has 1 aromatic rings. The first-order valence-electron chi connectivity index (χ1n) is 4.50. The molecule has 0 amide bonds. The zero-order chi connectivity index (χ0) is 8.65. The lowest BCUT2D eigenvalue weighted by molar-refractivity contribution is 0.613. The third kappa shape index (κ3) is 3.37.